The first-order valence-corrected chi connectivity index (χ1v) is 11.5. The Morgan fingerprint density at radius 3 is 2.33 bits per heavy atom. The summed E-state index contributed by atoms with van der Waals surface area (Å²) in [5, 5.41) is 26.8. The summed E-state index contributed by atoms with van der Waals surface area (Å²) in [5.41, 5.74) is 3.87. The fourth-order valence-electron chi connectivity index (χ4n) is 5.32. The summed E-state index contributed by atoms with van der Waals surface area (Å²) in [6.45, 7) is 0. The van der Waals surface area contributed by atoms with Gasteiger partial charge in [0.15, 0.2) is 6.29 Å². The molecule has 6 heteroatoms. The van der Waals surface area contributed by atoms with Crippen molar-refractivity contribution in [2.24, 2.45) is 0 Å². The second-order valence-electron chi connectivity index (χ2n) is 9.24. The summed E-state index contributed by atoms with van der Waals surface area (Å²) < 4.78 is 0. The van der Waals surface area contributed by atoms with Crippen LogP contribution >= 0.6 is 0 Å². The summed E-state index contributed by atoms with van der Waals surface area (Å²) in [6.07, 6.45) is 11.0. The quantitative estimate of drug-likeness (QED) is 0.536. The maximum absolute atomic E-state index is 9.85. The number of aromatic nitrogens is 2. The molecule has 3 aliphatic carbocycles. The Morgan fingerprint density at radius 2 is 1.67 bits per heavy atom. The molecule has 1 heterocycles. The van der Waals surface area contributed by atoms with Gasteiger partial charge in [-0.05, 0) is 62.6 Å². The zero-order valence-electron chi connectivity index (χ0n) is 17.5. The number of aliphatic hydroxyl groups excluding tert-OH is 1. The van der Waals surface area contributed by atoms with Crippen molar-refractivity contribution in [3.63, 3.8) is 0 Å². The predicted octanol–water partition coefficient (Wildman–Crippen LogP) is 4.19. The Kier molecular flexibility index (Phi) is 5.37. The fourth-order valence-corrected chi connectivity index (χ4v) is 5.32. The molecule has 1 aromatic heterocycles. The van der Waals surface area contributed by atoms with E-state index in [2.05, 4.69) is 10.6 Å². The average molecular weight is 409 g/mol. The van der Waals surface area contributed by atoms with E-state index in [9.17, 15) is 10.2 Å². The van der Waals surface area contributed by atoms with E-state index in [1.807, 2.05) is 24.3 Å². The molecule has 0 spiro atoms. The number of nitrogens with one attached hydrogen (secondary N) is 2. The molecule has 0 atom stereocenters. The molecule has 160 valence electrons. The summed E-state index contributed by atoms with van der Waals surface area (Å²) in [6, 6.07) is 8.49. The van der Waals surface area contributed by atoms with Gasteiger partial charge in [-0.1, -0.05) is 37.8 Å². The Morgan fingerprint density at radius 1 is 0.900 bits per heavy atom. The van der Waals surface area contributed by atoms with Crippen LogP contribution in [0.5, 0.6) is 0 Å². The van der Waals surface area contributed by atoms with E-state index in [1.165, 1.54) is 43.4 Å². The zero-order valence-corrected chi connectivity index (χ0v) is 17.5. The molecule has 3 aliphatic rings. The highest BCUT2D eigenvalue weighted by molar-refractivity contribution is 5.59. The van der Waals surface area contributed by atoms with Crippen molar-refractivity contribution in [2.45, 2.75) is 88.4 Å². The predicted molar refractivity (Wildman–Crippen MR) is 118 cm³/mol. The number of aryl methyl sites for hydroxylation is 1. The van der Waals surface area contributed by atoms with Crippen LogP contribution in [0.3, 0.4) is 0 Å². The molecule has 0 radical (unpaired) electrons. The van der Waals surface area contributed by atoms with E-state index < -0.39 is 11.7 Å². The molecule has 0 saturated heterocycles. The van der Waals surface area contributed by atoms with Crippen LogP contribution < -0.4 is 10.6 Å². The van der Waals surface area contributed by atoms with Gasteiger partial charge in [0, 0.05) is 22.7 Å². The third-order valence-corrected chi connectivity index (χ3v) is 7.34. The van der Waals surface area contributed by atoms with Crippen molar-refractivity contribution in [1.29, 1.82) is 0 Å². The van der Waals surface area contributed by atoms with Crippen molar-refractivity contribution in [1.82, 2.24) is 9.97 Å². The van der Waals surface area contributed by atoms with Crippen LogP contribution in [0.25, 0.3) is 0 Å². The van der Waals surface area contributed by atoms with Crippen molar-refractivity contribution < 1.29 is 10.2 Å². The highest BCUT2D eigenvalue weighted by Crippen LogP contribution is 2.46. The Balaban J connectivity index is 1.35. The molecule has 0 bridgehead atoms. The van der Waals surface area contributed by atoms with Crippen LogP contribution in [0.15, 0.2) is 24.3 Å². The lowest BCUT2D eigenvalue weighted by Crippen LogP contribution is -2.45. The number of anilines is 3. The molecular formula is C24H32N4O2. The lowest BCUT2D eigenvalue weighted by Gasteiger charge is -2.43. The number of nitrogens with zero attached hydrogens (tertiary/aromatic N) is 2. The number of fused-ring (bicyclic) bond motifs is 1. The second kappa shape index (κ2) is 8.16. The highest BCUT2D eigenvalue weighted by Gasteiger charge is 2.44. The minimum atomic E-state index is -1.31. The second-order valence-corrected chi connectivity index (χ2v) is 9.24. The monoisotopic (exact) mass is 408 g/mol. The van der Waals surface area contributed by atoms with Crippen molar-refractivity contribution >= 4 is 17.5 Å². The molecule has 2 saturated carbocycles. The maximum atomic E-state index is 9.85. The molecule has 2 aromatic rings. The van der Waals surface area contributed by atoms with Gasteiger partial charge in [-0.15, -0.1) is 0 Å². The molecule has 5 rings (SSSR count). The van der Waals surface area contributed by atoms with Crippen molar-refractivity contribution in [2.75, 3.05) is 10.6 Å². The van der Waals surface area contributed by atoms with E-state index in [1.54, 1.807) is 0 Å². The molecule has 0 amide bonds. The van der Waals surface area contributed by atoms with Gasteiger partial charge < -0.3 is 20.8 Å². The molecule has 0 aliphatic heterocycles. The van der Waals surface area contributed by atoms with Crippen LogP contribution in [0, 0.1) is 0 Å². The third kappa shape index (κ3) is 3.67. The maximum Gasteiger partial charge on any atom is 0.229 e. The Labute approximate surface area is 178 Å². The van der Waals surface area contributed by atoms with Crippen LogP contribution in [0.4, 0.5) is 17.5 Å². The minimum absolute atomic E-state index is 0.500. The number of benzene rings is 1. The average Bonchev–Trinajstić information content (AvgIpc) is 3.18. The molecule has 1 aromatic carbocycles. The number of aliphatic hydroxyl groups is 2. The molecule has 2 fully saturated rings. The van der Waals surface area contributed by atoms with Crippen LogP contribution in [-0.2, 0) is 18.3 Å². The largest absolute Gasteiger partial charge is 0.367 e. The van der Waals surface area contributed by atoms with E-state index in [0.717, 1.165) is 55.6 Å². The minimum Gasteiger partial charge on any atom is -0.367 e. The van der Waals surface area contributed by atoms with E-state index in [-0.39, 0.29) is 0 Å². The lowest BCUT2D eigenvalue weighted by atomic mass is 9.64. The first-order valence-electron chi connectivity index (χ1n) is 11.5. The van der Waals surface area contributed by atoms with Crippen molar-refractivity contribution in [3.8, 4) is 0 Å². The normalized spacial score (nSPS) is 20.6. The van der Waals surface area contributed by atoms with Crippen LogP contribution in [-0.4, -0.2) is 32.5 Å². The number of hydrogen-bond acceptors (Lipinski definition) is 6. The van der Waals surface area contributed by atoms with Gasteiger partial charge in [0.05, 0.1) is 5.69 Å². The van der Waals surface area contributed by atoms with Crippen molar-refractivity contribution in [3.05, 3.63) is 41.1 Å². The smallest absolute Gasteiger partial charge is 0.229 e. The van der Waals surface area contributed by atoms with Gasteiger partial charge >= 0.3 is 0 Å². The van der Waals surface area contributed by atoms with Crippen LogP contribution in [0.1, 0.15) is 74.6 Å². The van der Waals surface area contributed by atoms with Gasteiger partial charge in [0.2, 0.25) is 5.95 Å². The molecule has 4 N–H and O–H groups in total. The molecular weight excluding hydrogens is 376 g/mol. The zero-order chi connectivity index (χ0) is 20.6. The Bertz CT molecular complexity index is 887. The van der Waals surface area contributed by atoms with Gasteiger partial charge in [0.25, 0.3) is 0 Å². The lowest BCUT2D eigenvalue weighted by molar-refractivity contribution is -0.126. The molecule has 6 nitrogen and oxygen atoms in total. The summed E-state index contributed by atoms with van der Waals surface area (Å²) >= 11 is 0. The molecule has 0 unspecified atom stereocenters. The fraction of sp³-hybridized carbons (Fsp3) is 0.583. The third-order valence-electron chi connectivity index (χ3n) is 7.34. The molecule has 30 heavy (non-hydrogen) atoms. The summed E-state index contributed by atoms with van der Waals surface area (Å²) in [4.78, 5) is 9.63. The topological polar surface area (TPSA) is 90.3 Å². The Hall–Kier alpha value is -2.18. The van der Waals surface area contributed by atoms with Gasteiger partial charge in [-0.2, -0.15) is 4.98 Å². The van der Waals surface area contributed by atoms with E-state index in [0.29, 0.717) is 12.0 Å². The number of rotatable bonds is 6. The summed E-state index contributed by atoms with van der Waals surface area (Å²) in [5.74, 6) is 1.66. The summed E-state index contributed by atoms with van der Waals surface area (Å²) in [7, 11) is 0. The van der Waals surface area contributed by atoms with E-state index in [4.69, 9.17) is 9.97 Å². The van der Waals surface area contributed by atoms with Gasteiger partial charge in [-0.25, -0.2) is 4.98 Å². The van der Waals surface area contributed by atoms with Gasteiger partial charge in [-0.3, -0.25) is 0 Å². The first kappa shape index (κ1) is 19.8. The number of hydrogen-bond donors (Lipinski definition) is 4. The standard InChI is InChI=1S/C24H32N4O2/c29-22(30)24(14-5-15-24)16-10-12-18(13-11-16)26-23-27-20-9-4-8-19(20)21(28-23)25-17-6-2-1-3-7-17/h10-13,17,22,29-30H,1-9,14-15H2,(H2,25,26,27,28). The van der Waals surface area contributed by atoms with E-state index >= 15 is 0 Å². The highest BCUT2D eigenvalue weighted by atomic mass is 16.5. The first-order chi connectivity index (χ1) is 14.6. The van der Waals surface area contributed by atoms with Gasteiger partial charge in [0.1, 0.15) is 5.82 Å². The van der Waals surface area contributed by atoms with Crippen LogP contribution in [0.2, 0.25) is 0 Å². The SMILES string of the molecule is OC(O)C1(c2ccc(Nc3nc4c(c(NC5CCCCC5)n3)CCC4)cc2)CCC1.